The second kappa shape index (κ2) is 4.51. The molecule has 1 aromatic carbocycles. The molecule has 0 saturated carbocycles. The fraction of sp³-hybridized carbons (Fsp3) is 0.167. The maximum Gasteiger partial charge on any atom is 0.123 e. The van der Waals surface area contributed by atoms with Crippen LogP contribution in [0, 0.1) is 0 Å². The lowest BCUT2D eigenvalue weighted by atomic mass is 10.0. The molecule has 0 aliphatic heterocycles. The Labute approximate surface area is 79.0 Å². The van der Waals surface area contributed by atoms with Gasteiger partial charge in [0.25, 0.3) is 0 Å². The third kappa shape index (κ3) is 2.22. The molecule has 1 heteroatoms. The SMILES string of the molecule is C=CCc1cccc(O)c1C=CC. The van der Waals surface area contributed by atoms with Crippen LogP contribution in [0.3, 0.4) is 0 Å². The van der Waals surface area contributed by atoms with Crippen molar-refractivity contribution in [2.24, 2.45) is 0 Å². The summed E-state index contributed by atoms with van der Waals surface area (Å²) in [5.74, 6) is 0.331. The number of hydrogen-bond acceptors (Lipinski definition) is 1. The third-order valence-corrected chi connectivity index (χ3v) is 1.87. The Morgan fingerprint density at radius 2 is 2.23 bits per heavy atom. The fourth-order valence-electron chi connectivity index (χ4n) is 1.29. The van der Waals surface area contributed by atoms with Gasteiger partial charge in [0.1, 0.15) is 5.75 Å². The molecule has 0 unspecified atom stereocenters. The first-order valence-corrected chi connectivity index (χ1v) is 4.34. The Hall–Kier alpha value is -1.50. The third-order valence-electron chi connectivity index (χ3n) is 1.87. The minimum Gasteiger partial charge on any atom is -0.507 e. The van der Waals surface area contributed by atoms with Crippen LogP contribution < -0.4 is 0 Å². The minimum absolute atomic E-state index is 0.331. The summed E-state index contributed by atoms with van der Waals surface area (Å²) in [5.41, 5.74) is 2.00. The molecule has 1 rings (SSSR count). The van der Waals surface area contributed by atoms with Gasteiger partial charge in [0, 0.05) is 5.56 Å². The molecule has 1 aromatic rings. The van der Waals surface area contributed by atoms with E-state index in [-0.39, 0.29) is 0 Å². The lowest BCUT2D eigenvalue weighted by Crippen LogP contribution is -1.86. The first-order valence-electron chi connectivity index (χ1n) is 4.34. The molecule has 0 fully saturated rings. The molecule has 68 valence electrons. The zero-order valence-electron chi connectivity index (χ0n) is 7.83. The summed E-state index contributed by atoms with van der Waals surface area (Å²) in [6.07, 6.45) is 6.45. The highest BCUT2D eigenvalue weighted by Crippen LogP contribution is 2.23. The highest BCUT2D eigenvalue weighted by molar-refractivity contribution is 5.60. The molecular formula is C12H14O. The molecule has 0 aliphatic carbocycles. The number of allylic oxidation sites excluding steroid dienone is 2. The predicted molar refractivity (Wildman–Crippen MR) is 56.7 cm³/mol. The standard InChI is InChI=1S/C12H14O/c1-3-6-10-8-5-9-12(13)11(10)7-4-2/h3-5,7-9,13H,1,6H2,2H3. The van der Waals surface area contributed by atoms with Crippen LogP contribution in [0.25, 0.3) is 6.08 Å². The number of hydrogen-bond donors (Lipinski definition) is 1. The highest BCUT2D eigenvalue weighted by Gasteiger charge is 2.01. The summed E-state index contributed by atoms with van der Waals surface area (Å²) in [6.45, 7) is 5.62. The molecular weight excluding hydrogens is 160 g/mol. The summed E-state index contributed by atoms with van der Waals surface area (Å²) in [7, 11) is 0. The van der Waals surface area contributed by atoms with Crippen LogP contribution in [-0.2, 0) is 6.42 Å². The van der Waals surface area contributed by atoms with Crippen molar-refractivity contribution in [3.8, 4) is 5.75 Å². The zero-order valence-corrected chi connectivity index (χ0v) is 7.83. The Morgan fingerprint density at radius 1 is 1.46 bits per heavy atom. The van der Waals surface area contributed by atoms with Crippen molar-refractivity contribution in [3.63, 3.8) is 0 Å². The van der Waals surface area contributed by atoms with Crippen molar-refractivity contribution < 1.29 is 5.11 Å². The van der Waals surface area contributed by atoms with Crippen molar-refractivity contribution in [3.05, 3.63) is 48.1 Å². The van der Waals surface area contributed by atoms with Gasteiger partial charge < -0.3 is 5.11 Å². The Balaban J connectivity index is 3.16. The van der Waals surface area contributed by atoms with Gasteiger partial charge in [0.05, 0.1) is 0 Å². The van der Waals surface area contributed by atoms with Crippen molar-refractivity contribution >= 4 is 6.08 Å². The van der Waals surface area contributed by atoms with Crippen molar-refractivity contribution in [2.45, 2.75) is 13.3 Å². The van der Waals surface area contributed by atoms with Crippen molar-refractivity contribution in [1.82, 2.24) is 0 Å². The van der Waals surface area contributed by atoms with Gasteiger partial charge in [-0.1, -0.05) is 30.4 Å². The number of phenols is 1. The number of aromatic hydroxyl groups is 1. The molecule has 0 saturated heterocycles. The number of phenolic OH excluding ortho intramolecular Hbond substituents is 1. The van der Waals surface area contributed by atoms with Gasteiger partial charge in [0.15, 0.2) is 0 Å². The van der Waals surface area contributed by atoms with Crippen LogP contribution >= 0.6 is 0 Å². The molecule has 0 heterocycles. The molecule has 0 atom stereocenters. The van der Waals surface area contributed by atoms with Crippen LogP contribution in [0.2, 0.25) is 0 Å². The largest absolute Gasteiger partial charge is 0.507 e. The van der Waals surface area contributed by atoms with E-state index in [9.17, 15) is 5.11 Å². The topological polar surface area (TPSA) is 20.2 Å². The van der Waals surface area contributed by atoms with E-state index in [1.807, 2.05) is 37.3 Å². The lowest BCUT2D eigenvalue weighted by molar-refractivity contribution is 0.473. The molecule has 0 aromatic heterocycles. The first-order chi connectivity index (χ1) is 6.29. The van der Waals surface area contributed by atoms with Crippen molar-refractivity contribution in [1.29, 1.82) is 0 Å². The van der Waals surface area contributed by atoms with Crippen LogP contribution in [0.1, 0.15) is 18.1 Å². The number of rotatable bonds is 3. The van der Waals surface area contributed by atoms with E-state index in [2.05, 4.69) is 6.58 Å². The van der Waals surface area contributed by atoms with Crippen molar-refractivity contribution in [2.75, 3.05) is 0 Å². The number of benzene rings is 1. The van der Waals surface area contributed by atoms with E-state index in [4.69, 9.17) is 0 Å². The molecule has 0 bridgehead atoms. The Bertz CT molecular complexity index is 324. The smallest absolute Gasteiger partial charge is 0.123 e. The van der Waals surface area contributed by atoms with Crippen LogP contribution in [-0.4, -0.2) is 5.11 Å². The summed E-state index contributed by atoms with van der Waals surface area (Å²) < 4.78 is 0. The average Bonchev–Trinajstić information content (AvgIpc) is 2.11. The normalized spacial score (nSPS) is 10.5. The van der Waals surface area contributed by atoms with E-state index in [0.717, 1.165) is 17.5 Å². The zero-order chi connectivity index (χ0) is 9.68. The van der Waals surface area contributed by atoms with Crippen LogP contribution in [0.15, 0.2) is 36.9 Å². The van der Waals surface area contributed by atoms with Gasteiger partial charge in [0.2, 0.25) is 0 Å². The fourth-order valence-corrected chi connectivity index (χ4v) is 1.29. The quantitative estimate of drug-likeness (QED) is 0.698. The van der Waals surface area contributed by atoms with Gasteiger partial charge in [-0.25, -0.2) is 0 Å². The Kier molecular flexibility index (Phi) is 3.32. The monoisotopic (exact) mass is 174 g/mol. The molecule has 13 heavy (non-hydrogen) atoms. The minimum atomic E-state index is 0.331. The van der Waals surface area contributed by atoms with Gasteiger partial charge in [-0.05, 0) is 25.0 Å². The maximum absolute atomic E-state index is 9.56. The second-order valence-corrected chi connectivity index (χ2v) is 2.84. The second-order valence-electron chi connectivity index (χ2n) is 2.84. The average molecular weight is 174 g/mol. The summed E-state index contributed by atoms with van der Waals surface area (Å²) in [6, 6.07) is 5.54. The van der Waals surface area contributed by atoms with Gasteiger partial charge in [-0.15, -0.1) is 6.58 Å². The van der Waals surface area contributed by atoms with Gasteiger partial charge in [-0.3, -0.25) is 0 Å². The van der Waals surface area contributed by atoms with Crippen LogP contribution in [0.4, 0.5) is 0 Å². The predicted octanol–water partition coefficient (Wildman–Crippen LogP) is 3.15. The van der Waals surface area contributed by atoms with Crippen LogP contribution in [0.5, 0.6) is 5.75 Å². The highest BCUT2D eigenvalue weighted by atomic mass is 16.3. The van der Waals surface area contributed by atoms with E-state index in [1.54, 1.807) is 6.07 Å². The maximum atomic E-state index is 9.56. The Morgan fingerprint density at radius 3 is 2.85 bits per heavy atom. The van der Waals surface area contributed by atoms with Gasteiger partial charge >= 0.3 is 0 Å². The molecule has 1 nitrogen and oxygen atoms in total. The molecule has 0 amide bonds. The summed E-state index contributed by atoms with van der Waals surface area (Å²) >= 11 is 0. The van der Waals surface area contributed by atoms with E-state index in [1.165, 1.54) is 0 Å². The lowest BCUT2D eigenvalue weighted by Gasteiger charge is -2.05. The molecule has 0 aliphatic rings. The van der Waals surface area contributed by atoms with Gasteiger partial charge in [-0.2, -0.15) is 0 Å². The van der Waals surface area contributed by atoms with E-state index < -0.39 is 0 Å². The van der Waals surface area contributed by atoms with E-state index >= 15 is 0 Å². The van der Waals surface area contributed by atoms with E-state index in [0.29, 0.717) is 5.75 Å². The summed E-state index contributed by atoms with van der Waals surface area (Å²) in [4.78, 5) is 0. The molecule has 0 radical (unpaired) electrons. The molecule has 0 spiro atoms. The summed E-state index contributed by atoms with van der Waals surface area (Å²) in [5, 5.41) is 9.56. The molecule has 1 N–H and O–H groups in total. The first kappa shape index (κ1) is 9.59.